The van der Waals surface area contributed by atoms with Gasteiger partial charge in [0.15, 0.2) is 0 Å². The second-order valence-corrected chi connectivity index (χ2v) is 7.21. The maximum Gasteiger partial charge on any atom is 0.274 e. The first-order chi connectivity index (χ1) is 12.6. The molecule has 26 heavy (non-hydrogen) atoms. The summed E-state index contributed by atoms with van der Waals surface area (Å²) in [5.74, 6) is 1.07. The number of likely N-dealkylation sites (N-methyl/N-ethyl adjacent to an activating group) is 1. The van der Waals surface area contributed by atoms with E-state index in [0.717, 1.165) is 63.5 Å². The molecular weight excluding hydrogens is 331 g/mol. The average molecular weight is 356 g/mol. The SMILES string of the molecule is CCN1CCN(C(=O)c2cn3c(n2)CCC(c2cccc(F)c2)C3)CC1. The van der Waals surface area contributed by atoms with Gasteiger partial charge in [0.25, 0.3) is 5.91 Å². The molecule has 2 aliphatic heterocycles. The van der Waals surface area contributed by atoms with Crippen LogP contribution in [0.2, 0.25) is 0 Å². The predicted molar refractivity (Wildman–Crippen MR) is 97.7 cm³/mol. The maximum atomic E-state index is 13.5. The molecule has 1 aromatic heterocycles. The number of imidazole rings is 1. The van der Waals surface area contributed by atoms with Gasteiger partial charge < -0.3 is 14.4 Å². The van der Waals surface area contributed by atoms with Gasteiger partial charge in [-0.05, 0) is 30.7 Å². The number of halogens is 1. The largest absolute Gasteiger partial charge is 0.335 e. The highest BCUT2D eigenvalue weighted by Crippen LogP contribution is 2.29. The number of piperazine rings is 1. The van der Waals surface area contributed by atoms with Crippen LogP contribution in [0.1, 0.15) is 41.1 Å². The number of hydrogen-bond acceptors (Lipinski definition) is 3. The topological polar surface area (TPSA) is 41.4 Å². The lowest BCUT2D eigenvalue weighted by Crippen LogP contribution is -2.48. The lowest BCUT2D eigenvalue weighted by Gasteiger charge is -2.33. The van der Waals surface area contributed by atoms with Crippen LogP contribution in [0.3, 0.4) is 0 Å². The van der Waals surface area contributed by atoms with Crippen molar-refractivity contribution in [2.75, 3.05) is 32.7 Å². The minimum Gasteiger partial charge on any atom is -0.335 e. The highest BCUT2D eigenvalue weighted by Gasteiger charge is 2.27. The zero-order chi connectivity index (χ0) is 18.1. The van der Waals surface area contributed by atoms with Gasteiger partial charge in [0.2, 0.25) is 0 Å². The Bertz CT molecular complexity index is 795. The molecule has 2 aliphatic rings. The van der Waals surface area contributed by atoms with Crippen molar-refractivity contribution >= 4 is 5.91 Å². The lowest BCUT2D eigenvalue weighted by atomic mass is 9.91. The zero-order valence-corrected chi connectivity index (χ0v) is 15.2. The number of amides is 1. The molecule has 1 aromatic carbocycles. The summed E-state index contributed by atoms with van der Waals surface area (Å²) in [6.45, 7) is 7.32. The lowest BCUT2D eigenvalue weighted by molar-refractivity contribution is 0.0638. The third-order valence-corrected chi connectivity index (χ3v) is 5.64. The molecule has 1 atom stereocenters. The molecule has 0 spiro atoms. The van der Waals surface area contributed by atoms with Crippen LogP contribution >= 0.6 is 0 Å². The summed E-state index contributed by atoms with van der Waals surface area (Å²) in [5.41, 5.74) is 1.57. The Labute approximate surface area is 153 Å². The molecule has 1 fully saturated rings. The zero-order valence-electron chi connectivity index (χ0n) is 15.2. The first-order valence-corrected chi connectivity index (χ1v) is 9.47. The molecule has 1 amide bonds. The quantitative estimate of drug-likeness (QED) is 0.849. The van der Waals surface area contributed by atoms with Crippen molar-refractivity contribution in [3.8, 4) is 0 Å². The van der Waals surface area contributed by atoms with Crippen LogP contribution in [0.25, 0.3) is 0 Å². The molecular formula is C20H25FN4O. The summed E-state index contributed by atoms with van der Waals surface area (Å²) < 4.78 is 15.6. The van der Waals surface area contributed by atoms with E-state index in [0.29, 0.717) is 5.69 Å². The van der Waals surface area contributed by atoms with Crippen LogP contribution in [0.5, 0.6) is 0 Å². The Kier molecular flexibility index (Phi) is 4.76. The summed E-state index contributed by atoms with van der Waals surface area (Å²) in [7, 11) is 0. The Morgan fingerprint density at radius 3 is 2.81 bits per heavy atom. The van der Waals surface area contributed by atoms with Crippen molar-refractivity contribution in [3.05, 3.63) is 53.4 Å². The Hall–Kier alpha value is -2.21. The third-order valence-electron chi connectivity index (χ3n) is 5.64. The number of aryl methyl sites for hydroxylation is 1. The summed E-state index contributed by atoms with van der Waals surface area (Å²) in [6, 6.07) is 6.84. The second kappa shape index (κ2) is 7.19. The van der Waals surface area contributed by atoms with E-state index < -0.39 is 0 Å². The van der Waals surface area contributed by atoms with Gasteiger partial charge in [-0.3, -0.25) is 4.79 Å². The average Bonchev–Trinajstić information content (AvgIpc) is 3.11. The number of rotatable bonds is 3. The highest BCUT2D eigenvalue weighted by molar-refractivity contribution is 5.92. The molecule has 0 radical (unpaired) electrons. The van der Waals surface area contributed by atoms with Gasteiger partial charge >= 0.3 is 0 Å². The number of nitrogens with zero attached hydrogens (tertiary/aromatic N) is 4. The van der Waals surface area contributed by atoms with E-state index in [1.165, 1.54) is 6.07 Å². The summed E-state index contributed by atoms with van der Waals surface area (Å²) in [5, 5.41) is 0. The molecule has 1 unspecified atom stereocenters. The standard InChI is InChI=1S/C20H25FN4O/c1-2-23-8-10-24(11-9-23)20(26)18-14-25-13-16(6-7-19(25)22-18)15-4-3-5-17(21)12-15/h3-5,12,14,16H,2,6-11,13H2,1H3. The van der Waals surface area contributed by atoms with E-state index in [1.54, 1.807) is 12.1 Å². The summed E-state index contributed by atoms with van der Waals surface area (Å²) in [4.78, 5) is 21.6. The van der Waals surface area contributed by atoms with Gasteiger partial charge in [-0.2, -0.15) is 0 Å². The van der Waals surface area contributed by atoms with Gasteiger partial charge in [-0.15, -0.1) is 0 Å². The smallest absolute Gasteiger partial charge is 0.274 e. The van der Waals surface area contributed by atoms with Crippen molar-refractivity contribution in [1.29, 1.82) is 0 Å². The van der Waals surface area contributed by atoms with E-state index in [1.807, 2.05) is 17.2 Å². The van der Waals surface area contributed by atoms with E-state index in [9.17, 15) is 9.18 Å². The van der Waals surface area contributed by atoms with Crippen molar-refractivity contribution in [2.45, 2.75) is 32.2 Å². The van der Waals surface area contributed by atoms with Crippen molar-refractivity contribution in [1.82, 2.24) is 19.4 Å². The van der Waals surface area contributed by atoms with Crippen LogP contribution in [-0.4, -0.2) is 58.0 Å². The molecule has 3 heterocycles. The van der Waals surface area contributed by atoms with Crippen molar-refractivity contribution < 1.29 is 9.18 Å². The predicted octanol–water partition coefficient (Wildman–Crippen LogP) is 2.53. The number of benzene rings is 1. The molecule has 0 saturated carbocycles. The Balaban J connectivity index is 1.47. The number of carbonyl (C=O) groups is 1. The van der Waals surface area contributed by atoms with Crippen LogP contribution in [0.4, 0.5) is 4.39 Å². The third kappa shape index (κ3) is 3.38. The molecule has 0 aliphatic carbocycles. The minimum atomic E-state index is -0.194. The van der Waals surface area contributed by atoms with Gasteiger partial charge in [-0.25, -0.2) is 9.37 Å². The summed E-state index contributed by atoms with van der Waals surface area (Å²) >= 11 is 0. The molecule has 1 saturated heterocycles. The fraction of sp³-hybridized carbons (Fsp3) is 0.500. The van der Waals surface area contributed by atoms with Gasteiger partial charge in [0.1, 0.15) is 17.3 Å². The Morgan fingerprint density at radius 2 is 2.08 bits per heavy atom. The fourth-order valence-electron chi connectivity index (χ4n) is 4.01. The number of aromatic nitrogens is 2. The number of hydrogen-bond donors (Lipinski definition) is 0. The molecule has 4 rings (SSSR count). The van der Waals surface area contributed by atoms with Gasteiger partial charge in [0, 0.05) is 51.3 Å². The minimum absolute atomic E-state index is 0.0324. The van der Waals surface area contributed by atoms with Crippen LogP contribution in [0.15, 0.2) is 30.5 Å². The normalized spacial score (nSPS) is 20.8. The first kappa shape index (κ1) is 17.2. The van der Waals surface area contributed by atoms with Gasteiger partial charge in [0.05, 0.1) is 0 Å². The number of fused-ring (bicyclic) bond motifs is 1. The molecule has 138 valence electrons. The highest BCUT2D eigenvalue weighted by atomic mass is 19.1. The van der Waals surface area contributed by atoms with E-state index in [4.69, 9.17) is 0 Å². The van der Waals surface area contributed by atoms with E-state index in [-0.39, 0.29) is 17.6 Å². The molecule has 2 aromatic rings. The second-order valence-electron chi connectivity index (χ2n) is 7.21. The Morgan fingerprint density at radius 1 is 1.27 bits per heavy atom. The molecule has 0 bridgehead atoms. The molecule has 0 N–H and O–H groups in total. The van der Waals surface area contributed by atoms with E-state index >= 15 is 0 Å². The molecule has 5 nitrogen and oxygen atoms in total. The fourth-order valence-corrected chi connectivity index (χ4v) is 4.01. The van der Waals surface area contributed by atoms with Crippen molar-refractivity contribution in [2.24, 2.45) is 0 Å². The van der Waals surface area contributed by atoms with Gasteiger partial charge in [-0.1, -0.05) is 19.1 Å². The number of carbonyl (C=O) groups excluding carboxylic acids is 1. The van der Waals surface area contributed by atoms with Crippen LogP contribution < -0.4 is 0 Å². The monoisotopic (exact) mass is 356 g/mol. The van der Waals surface area contributed by atoms with E-state index in [2.05, 4.69) is 21.4 Å². The van der Waals surface area contributed by atoms with Crippen LogP contribution in [0, 0.1) is 5.82 Å². The summed E-state index contributed by atoms with van der Waals surface area (Å²) in [6.07, 6.45) is 3.64. The van der Waals surface area contributed by atoms with Crippen LogP contribution in [-0.2, 0) is 13.0 Å². The first-order valence-electron chi connectivity index (χ1n) is 9.47. The molecule has 6 heteroatoms. The maximum absolute atomic E-state index is 13.5. The van der Waals surface area contributed by atoms with Crippen molar-refractivity contribution in [3.63, 3.8) is 0 Å².